The molecule has 2 aliphatic heterocycles. The molecule has 3 rings (SSSR count). The average molecular weight is 376 g/mol. The van der Waals surface area contributed by atoms with E-state index in [1.807, 2.05) is 37.4 Å². The minimum absolute atomic E-state index is 0.0474. The molecule has 2 heterocycles. The van der Waals surface area contributed by atoms with Crippen LogP contribution in [0.5, 0.6) is 0 Å². The Morgan fingerprint density at radius 3 is 2.69 bits per heavy atom. The van der Waals surface area contributed by atoms with Gasteiger partial charge in [-0.25, -0.2) is 4.79 Å². The number of nitrogens with zero attached hydrogens (tertiary/aromatic N) is 1. The number of urea groups is 1. The summed E-state index contributed by atoms with van der Waals surface area (Å²) in [6.07, 6.45) is 3.90. The number of hydrogen-bond acceptors (Lipinski definition) is 4. The van der Waals surface area contributed by atoms with Crippen molar-refractivity contribution in [3.8, 4) is 0 Å². The zero-order valence-corrected chi connectivity index (χ0v) is 15.8. The number of rotatable bonds is 5. The highest BCUT2D eigenvalue weighted by Crippen LogP contribution is 2.24. The molecule has 2 fully saturated rings. The lowest BCUT2D eigenvalue weighted by Gasteiger charge is -2.34. The summed E-state index contributed by atoms with van der Waals surface area (Å²) in [6.45, 7) is 2.35. The Hall–Kier alpha value is -2.22. The fourth-order valence-corrected chi connectivity index (χ4v) is 3.88. The lowest BCUT2D eigenvalue weighted by atomic mass is 10.0. The molecule has 0 bridgehead atoms. The zero-order valence-electron chi connectivity index (χ0n) is 15.0. The maximum Gasteiger partial charge on any atom is 0.319 e. The number of anilines is 1. The largest absolute Gasteiger partial charge is 0.343 e. The fourth-order valence-electron chi connectivity index (χ4n) is 3.47. The van der Waals surface area contributed by atoms with Gasteiger partial charge in [-0.15, -0.1) is 11.8 Å². The first kappa shape index (κ1) is 18.6. The van der Waals surface area contributed by atoms with E-state index in [1.165, 1.54) is 0 Å². The van der Waals surface area contributed by atoms with Crippen LogP contribution in [0.2, 0.25) is 0 Å². The van der Waals surface area contributed by atoms with E-state index in [9.17, 15) is 14.4 Å². The first-order chi connectivity index (χ1) is 12.5. The second kappa shape index (κ2) is 7.99. The van der Waals surface area contributed by atoms with Gasteiger partial charge in [0.25, 0.3) is 0 Å². The van der Waals surface area contributed by atoms with E-state index in [-0.39, 0.29) is 23.9 Å². The third kappa shape index (κ3) is 3.95. The number of piperazine rings is 1. The predicted molar refractivity (Wildman–Crippen MR) is 101 cm³/mol. The van der Waals surface area contributed by atoms with Crippen molar-refractivity contribution in [2.45, 2.75) is 49.2 Å². The number of hydrogen-bond donors (Lipinski definition) is 3. The standard InChI is InChI=1S/C18H24N4O3S/c1-3-4-14-17(24)22-10-12(9-15(22)16(23)21-14)20-18(25)19-11-5-7-13(26-2)8-6-11/h5-8,12,14-15H,3-4,9-10H2,1-2H3,(H,21,23)(H2,19,20,25)/t12-,14-,15-/m0/s1. The summed E-state index contributed by atoms with van der Waals surface area (Å²) in [6, 6.07) is 6.07. The second-order valence-electron chi connectivity index (χ2n) is 6.62. The van der Waals surface area contributed by atoms with Crippen molar-refractivity contribution >= 4 is 35.3 Å². The number of carbonyl (C=O) groups excluding carboxylic acids is 3. The van der Waals surface area contributed by atoms with E-state index in [0.29, 0.717) is 25.1 Å². The van der Waals surface area contributed by atoms with Gasteiger partial charge in [-0.05, 0) is 43.4 Å². The molecule has 0 spiro atoms. The predicted octanol–water partition coefficient (Wildman–Crippen LogP) is 1.80. The molecule has 0 radical (unpaired) electrons. The van der Waals surface area contributed by atoms with Gasteiger partial charge >= 0.3 is 6.03 Å². The molecule has 0 aromatic heterocycles. The van der Waals surface area contributed by atoms with Gasteiger partial charge < -0.3 is 20.9 Å². The maximum atomic E-state index is 12.5. The van der Waals surface area contributed by atoms with Gasteiger partial charge in [0.15, 0.2) is 0 Å². The van der Waals surface area contributed by atoms with Gasteiger partial charge in [0.05, 0.1) is 6.04 Å². The third-order valence-corrected chi connectivity index (χ3v) is 5.51. The summed E-state index contributed by atoms with van der Waals surface area (Å²) in [7, 11) is 0. The van der Waals surface area contributed by atoms with Gasteiger partial charge in [0.2, 0.25) is 11.8 Å². The summed E-state index contributed by atoms with van der Waals surface area (Å²) in [4.78, 5) is 39.7. The molecule has 1 aromatic carbocycles. The Kier molecular flexibility index (Phi) is 5.70. The molecule has 3 atom stereocenters. The molecule has 2 saturated heterocycles. The van der Waals surface area contributed by atoms with Crippen molar-refractivity contribution in [1.29, 1.82) is 0 Å². The Labute approximate surface area is 157 Å². The average Bonchev–Trinajstić information content (AvgIpc) is 3.05. The number of thioether (sulfide) groups is 1. The molecular weight excluding hydrogens is 352 g/mol. The summed E-state index contributed by atoms with van der Waals surface area (Å²) >= 11 is 1.63. The molecule has 26 heavy (non-hydrogen) atoms. The van der Waals surface area contributed by atoms with Crippen molar-refractivity contribution in [3.63, 3.8) is 0 Å². The van der Waals surface area contributed by atoms with Crippen LogP contribution in [0.4, 0.5) is 10.5 Å². The van der Waals surface area contributed by atoms with Crippen LogP contribution in [0.15, 0.2) is 29.2 Å². The van der Waals surface area contributed by atoms with Gasteiger partial charge in [-0.3, -0.25) is 9.59 Å². The number of fused-ring (bicyclic) bond motifs is 1. The van der Waals surface area contributed by atoms with Crippen LogP contribution in [0.25, 0.3) is 0 Å². The molecule has 140 valence electrons. The van der Waals surface area contributed by atoms with Crippen LogP contribution >= 0.6 is 11.8 Å². The van der Waals surface area contributed by atoms with E-state index in [2.05, 4.69) is 16.0 Å². The maximum absolute atomic E-state index is 12.5. The number of nitrogens with one attached hydrogen (secondary N) is 3. The van der Waals surface area contributed by atoms with Gasteiger partial charge in [-0.1, -0.05) is 13.3 Å². The van der Waals surface area contributed by atoms with Crippen LogP contribution in [0, 0.1) is 0 Å². The fraction of sp³-hybridized carbons (Fsp3) is 0.500. The quantitative estimate of drug-likeness (QED) is 0.684. The molecule has 0 aliphatic carbocycles. The molecule has 0 unspecified atom stereocenters. The molecule has 4 amide bonds. The minimum Gasteiger partial charge on any atom is -0.343 e. The molecule has 8 heteroatoms. The van der Waals surface area contributed by atoms with Crippen LogP contribution < -0.4 is 16.0 Å². The lowest BCUT2D eigenvalue weighted by Crippen LogP contribution is -2.61. The first-order valence-corrected chi connectivity index (χ1v) is 10.1. The van der Waals surface area contributed by atoms with Crippen molar-refractivity contribution in [2.24, 2.45) is 0 Å². The van der Waals surface area contributed by atoms with Gasteiger partial charge in [-0.2, -0.15) is 0 Å². The van der Waals surface area contributed by atoms with Crippen molar-refractivity contribution in [2.75, 3.05) is 18.1 Å². The van der Waals surface area contributed by atoms with E-state index >= 15 is 0 Å². The van der Waals surface area contributed by atoms with Crippen molar-refractivity contribution in [3.05, 3.63) is 24.3 Å². The summed E-state index contributed by atoms with van der Waals surface area (Å²) in [5.74, 6) is -0.172. The van der Waals surface area contributed by atoms with Crippen LogP contribution in [0.3, 0.4) is 0 Å². The highest BCUT2D eigenvalue weighted by Gasteiger charge is 2.46. The highest BCUT2D eigenvalue weighted by molar-refractivity contribution is 7.98. The molecule has 7 nitrogen and oxygen atoms in total. The Morgan fingerprint density at radius 2 is 2.04 bits per heavy atom. The number of benzene rings is 1. The van der Waals surface area contributed by atoms with Crippen LogP contribution in [-0.2, 0) is 9.59 Å². The zero-order chi connectivity index (χ0) is 18.7. The SMILES string of the molecule is CCC[C@@H]1NC(=O)[C@@H]2C[C@H](NC(=O)Nc3ccc(SC)cc3)CN2C1=O. The smallest absolute Gasteiger partial charge is 0.319 e. The number of carbonyl (C=O) groups is 3. The minimum atomic E-state index is -0.484. The monoisotopic (exact) mass is 376 g/mol. The van der Waals surface area contributed by atoms with E-state index in [1.54, 1.807) is 16.7 Å². The highest BCUT2D eigenvalue weighted by atomic mass is 32.2. The molecule has 1 aromatic rings. The Bertz CT molecular complexity index is 694. The van der Waals surface area contributed by atoms with E-state index in [0.717, 1.165) is 11.3 Å². The summed E-state index contributed by atoms with van der Waals surface area (Å²) in [5, 5.41) is 8.46. The summed E-state index contributed by atoms with van der Waals surface area (Å²) < 4.78 is 0. The van der Waals surface area contributed by atoms with Gasteiger partial charge in [0, 0.05) is 17.1 Å². The van der Waals surface area contributed by atoms with Crippen molar-refractivity contribution in [1.82, 2.24) is 15.5 Å². The topological polar surface area (TPSA) is 90.5 Å². The molecule has 3 N–H and O–H groups in total. The second-order valence-corrected chi connectivity index (χ2v) is 7.50. The molecular formula is C18H24N4O3S. The van der Waals surface area contributed by atoms with E-state index < -0.39 is 12.1 Å². The Balaban J connectivity index is 1.57. The van der Waals surface area contributed by atoms with Crippen LogP contribution in [-0.4, -0.2) is 53.7 Å². The number of amides is 4. The first-order valence-electron chi connectivity index (χ1n) is 8.84. The molecule has 2 aliphatic rings. The normalized spacial score (nSPS) is 24.8. The third-order valence-electron chi connectivity index (χ3n) is 4.76. The van der Waals surface area contributed by atoms with Crippen molar-refractivity contribution < 1.29 is 14.4 Å². The van der Waals surface area contributed by atoms with Crippen LogP contribution in [0.1, 0.15) is 26.2 Å². The van der Waals surface area contributed by atoms with E-state index in [4.69, 9.17) is 0 Å². The lowest BCUT2D eigenvalue weighted by molar-refractivity contribution is -0.147. The summed E-state index contributed by atoms with van der Waals surface area (Å²) in [5.41, 5.74) is 0.702. The van der Waals surface area contributed by atoms with Gasteiger partial charge in [0.1, 0.15) is 12.1 Å². The Morgan fingerprint density at radius 1 is 1.31 bits per heavy atom. The molecule has 0 saturated carbocycles.